The molecular weight excluding hydrogens is 211 g/mol. The maximum absolute atomic E-state index is 10.5. The molecule has 0 aromatic carbocycles. The van der Waals surface area contributed by atoms with Gasteiger partial charge in [-0.15, -0.1) is 11.6 Å². The molecule has 0 aliphatic carbocycles. The van der Waals surface area contributed by atoms with Gasteiger partial charge in [-0.05, 0) is 6.42 Å². The lowest BCUT2D eigenvalue weighted by molar-refractivity contribution is 0.371. The van der Waals surface area contributed by atoms with E-state index < -0.39 is 7.60 Å². The monoisotopic (exact) mass is 228 g/mol. The molecule has 0 aliphatic rings. The summed E-state index contributed by atoms with van der Waals surface area (Å²) in [6.45, 7) is 2.12. The lowest BCUT2D eigenvalue weighted by Crippen LogP contribution is -2.05. The normalized spacial score (nSPS) is 14.5. The Hall–Kier alpha value is 0.440. The van der Waals surface area contributed by atoms with Gasteiger partial charge in [0.25, 0.3) is 0 Å². The van der Waals surface area contributed by atoms with Crippen LogP contribution in [0.1, 0.15) is 39.0 Å². The first kappa shape index (κ1) is 13.4. The Morgan fingerprint density at radius 1 is 1.31 bits per heavy atom. The maximum atomic E-state index is 10.5. The van der Waals surface area contributed by atoms with Crippen molar-refractivity contribution < 1.29 is 14.4 Å². The summed E-state index contributed by atoms with van der Waals surface area (Å²) in [5.74, 6) is 0. The third kappa shape index (κ3) is 10.4. The summed E-state index contributed by atoms with van der Waals surface area (Å²) in [4.78, 5) is 17.2. The smallest absolute Gasteiger partial charge is 0.324 e. The van der Waals surface area contributed by atoms with E-state index in [1.165, 1.54) is 6.42 Å². The van der Waals surface area contributed by atoms with Crippen molar-refractivity contribution >= 4 is 19.2 Å². The molecule has 0 saturated carbocycles. The lowest BCUT2D eigenvalue weighted by atomic mass is 10.1. The van der Waals surface area contributed by atoms with E-state index in [0.717, 1.165) is 19.3 Å². The van der Waals surface area contributed by atoms with Gasteiger partial charge in [0.05, 0.1) is 6.16 Å². The van der Waals surface area contributed by atoms with Crippen LogP contribution in [-0.4, -0.2) is 21.3 Å². The molecule has 0 heterocycles. The molecule has 0 aliphatic heterocycles. The summed E-state index contributed by atoms with van der Waals surface area (Å²) in [6.07, 6.45) is 4.89. The summed E-state index contributed by atoms with van der Waals surface area (Å²) in [7, 11) is -3.91. The van der Waals surface area contributed by atoms with Crippen molar-refractivity contribution in [2.24, 2.45) is 0 Å². The average Bonchev–Trinajstić information content (AvgIpc) is 1.94. The highest BCUT2D eigenvalue weighted by Crippen LogP contribution is 2.37. The standard InChI is InChI=1S/C8H18ClO3P/c1-2-3-4-5-6-8(9)7-13(10,11)12/h8H,2-7H2,1H3,(H2,10,11,12). The van der Waals surface area contributed by atoms with E-state index in [1.54, 1.807) is 0 Å². The molecule has 2 N–H and O–H groups in total. The van der Waals surface area contributed by atoms with Crippen molar-refractivity contribution in [3.63, 3.8) is 0 Å². The molecule has 0 bridgehead atoms. The first-order valence-corrected chi connectivity index (χ1v) is 6.87. The van der Waals surface area contributed by atoms with E-state index in [4.69, 9.17) is 21.4 Å². The van der Waals surface area contributed by atoms with Crippen LogP contribution in [0.2, 0.25) is 0 Å². The molecular formula is C8H18ClO3P. The molecule has 5 heteroatoms. The highest BCUT2D eigenvalue weighted by atomic mass is 35.5. The molecule has 0 radical (unpaired) electrons. The Bertz CT molecular complexity index is 169. The molecule has 0 amide bonds. The van der Waals surface area contributed by atoms with Crippen LogP contribution in [0.3, 0.4) is 0 Å². The van der Waals surface area contributed by atoms with E-state index in [0.29, 0.717) is 6.42 Å². The van der Waals surface area contributed by atoms with Crippen LogP contribution in [0.25, 0.3) is 0 Å². The van der Waals surface area contributed by atoms with Gasteiger partial charge in [-0.2, -0.15) is 0 Å². The zero-order chi connectivity index (χ0) is 10.3. The Balaban J connectivity index is 3.41. The summed E-state index contributed by atoms with van der Waals surface area (Å²) in [5, 5.41) is -0.377. The molecule has 0 fully saturated rings. The van der Waals surface area contributed by atoms with Crippen LogP contribution in [0.15, 0.2) is 0 Å². The Morgan fingerprint density at radius 3 is 2.38 bits per heavy atom. The molecule has 1 atom stereocenters. The number of rotatable bonds is 7. The number of hydrogen-bond donors (Lipinski definition) is 2. The van der Waals surface area contributed by atoms with Gasteiger partial charge in [-0.1, -0.05) is 32.6 Å². The van der Waals surface area contributed by atoms with Gasteiger partial charge >= 0.3 is 7.60 Å². The molecule has 0 aromatic heterocycles. The number of unbranched alkanes of at least 4 members (excludes halogenated alkanes) is 3. The van der Waals surface area contributed by atoms with Crippen LogP contribution in [-0.2, 0) is 4.57 Å². The molecule has 3 nitrogen and oxygen atoms in total. The average molecular weight is 229 g/mol. The largest absolute Gasteiger partial charge is 0.327 e. The number of hydrogen-bond acceptors (Lipinski definition) is 1. The number of alkyl halides is 1. The van der Waals surface area contributed by atoms with Crippen LogP contribution in [0, 0.1) is 0 Å². The van der Waals surface area contributed by atoms with Crippen LogP contribution >= 0.6 is 19.2 Å². The van der Waals surface area contributed by atoms with Crippen molar-refractivity contribution in [1.29, 1.82) is 0 Å². The second-order valence-electron chi connectivity index (χ2n) is 3.29. The summed E-state index contributed by atoms with van der Waals surface area (Å²) in [5.41, 5.74) is 0. The fraction of sp³-hybridized carbons (Fsp3) is 1.00. The first-order valence-electron chi connectivity index (χ1n) is 4.64. The van der Waals surface area contributed by atoms with Gasteiger partial charge in [-0.3, -0.25) is 4.57 Å². The third-order valence-electron chi connectivity index (χ3n) is 1.81. The summed E-state index contributed by atoms with van der Waals surface area (Å²) >= 11 is 5.75. The van der Waals surface area contributed by atoms with Crippen molar-refractivity contribution in [1.82, 2.24) is 0 Å². The second kappa shape index (κ2) is 6.83. The van der Waals surface area contributed by atoms with Crippen molar-refractivity contribution in [2.75, 3.05) is 6.16 Å². The Labute approximate surface area is 84.6 Å². The quantitative estimate of drug-likeness (QED) is 0.400. The SMILES string of the molecule is CCCCCCC(Cl)CP(=O)(O)O. The predicted molar refractivity (Wildman–Crippen MR) is 55.3 cm³/mol. The first-order chi connectivity index (χ1) is 5.95. The molecule has 0 spiro atoms. The van der Waals surface area contributed by atoms with Crippen LogP contribution in [0.4, 0.5) is 0 Å². The van der Waals surface area contributed by atoms with Crippen molar-refractivity contribution in [2.45, 2.75) is 44.4 Å². The van der Waals surface area contributed by atoms with E-state index in [2.05, 4.69) is 6.92 Å². The second-order valence-corrected chi connectivity index (χ2v) is 5.61. The van der Waals surface area contributed by atoms with Gasteiger partial charge in [-0.25, -0.2) is 0 Å². The number of halogens is 1. The summed E-state index contributed by atoms with van der Waals surface area (Å²) in [6, 6.07) is 0. The van der Waals surface area contributed by atoms with Gasteiger partial charge in [0.2, 0.25) is 0 Å². The third-order valence-corrected chi connectivity index (χ3v) is 3.31. The lowest BCUT2D eigenvalue weighted by Gasteiger charge is -2.09. The van der Waals surface area contributed by atoms with Gasteiger partial charge in [0.1, 0.15) is 0 Å². The van der Waals surface area contributed by atoms with E-state index in [1.807, 2.05) is 0 Å². The van der Waals surface area contributed by atoms with E-state index in [9.17, 15) is 4.57 Å². The Kier molecular flexibility index (Phi) is 7.06. The van der Waals surface area contributed by atoms with Crippen molar-refractivity contribution in [3.05, 3.63) is 0 Å². The topological polar surface area (TPSA) is 57.5 Å². The van der Waals surface area contributed by atoms with Crippen LogP contribution in [0.5, 0.6) is 0 Å². The van der Waals surface area contributed by atoms with Gasteiger partial charge < -0.3 is 9.79 Å². The fourth-order valence-electron chi connectivity index (χ4n) is 1.14. The minimum Gasteiger partial charge on any atom is -0.324 e. The zero-order valence-electron chi connectivity index (χ0n) is 7.95. The van der Waals surface area contributed by atoms with E-state index in [-0.39, 0.29) is 11.5 Å². The maximum Gasteiger partial charge on any atom is 0.327 e. The minimum atomic E-state index is -3.91. The Morgan fingerprint density at radius 2 is 1.92 bits per heavy atom. The zero-order valence-corrected chi connectivity index (χ0v) is 9.60. The molecule has 0 rings (SSSR count). The molecule has 80 valence electrons. The highest BCUT2D eigenvalue weighted by Gasteiger charge is 2.18. The van der Waals surface area contributed by atoms with Crippen molar-refractivity contribution in [3.8, 4) is 0 Å². The molecule has 1 unspecified atom stereocenters. The van der Waals surface area contributed by atoms with Crippen LogP contribution < -0.4 is 0 Å². The predicted octanol–water partition coefficient (Wildman–Crippen LogP) is 2.74. The van der Waals surface area contributed by atoms with E-state index >= 15 is 0 Å². The summed E-state index contributed by atoms with van der Waals surface area (Å²) < 4.78 is 10.5. The van der Waals surface area contributed by atoms with Gasteiger partial charge in [0, 0.05) is 5.38 Å². The molecule has 0 saturated heterocycles. The molecule has 0 aromatic rings. The fourth-order valence-corrected chi connectivity index (χ4v) is 2.53. The highest BCUT2D eigenvalue weighted by molar-refractivity contribution is 7.51. The molecule has 13 heavy (non-hydrogen) atoms. The minimum absolute atomic E-state index is 0.194. The van der Waals surface area contributed by atoms with Gasteiger partial charge in [0.15, 0.2) is 0 Å².